The predicted octanol–water partition coefficient (Wildman–Crippen LogP) is 1.62. The van der Waals surface area contributed by atoms with Gasteiger partial charge in [0.15, 0.2) is 0 Å². The lowest BCUT2D eigenvalue weighted by atomic mass is 10.00. The lowest BCUT2D eigenvalue weighted by Crippen LogP contribution is -2.31. The van der Waals surface area contributed by atoms with Crippen molar-refractivity contribution in [3.8, 4) is 0 Å². The third kappa shape index (κ3) is 2.44. The van der Waals surface area contributed by atoms with Crippen LogP contribution in [0.5, 0.6) is 0 Å². The molecule has 1 saturated carbocycles. The average Bonchev–Trinajstić information content (AvgIpc) is 2.98. The molecule has 3 rings (SSSR count). The van der Waals surface area contributed by atoms with Gasteiger partial charge in [-0.2, -0.15) is 4.31 Å². The molecular weight excluding hydrogens is 312 g/mol. The molecule has 1 heterocycles. The Morgan fingerprint density at radius 2 is 2.05 bits per heavy atom. The van der Waals surface area contributed by atoms with Gasteiger partial charge < -0.3 is 10.8 Å². The largest absolute Gasteiger partial charge is 0.397 e. The van der Waals surface area contributed by atoms with Gasteiger partial charge in [-0.05, 0) is 43.4 Å². The van der Waals surface area contributed by atoms with Crippen LogP contribution in [-0.4, -0.2) is 37.0 Å². The summed E-state index contributed by atoms with van der Waals surface area (Å²) in [7, 11) is -3.58. The zero-order valence-corrected chi connectivity index (χ0v) is 13.4. The van der Waals surface area contributed by atoms with Crippen molar-refractivity contribution in [1.82, 2.24) is 4.31 Å². The quantitative estimate of drug-likeness (QED) is 0.807. The van der Waals surface area contributed by atoms with Crippen LogP contribution in [0, 0.1) is 18.8 Å². The SMILES string of the molecule is Cc1cc(S(=O)(=O)N2CC3CCC(O)C3C2)cc(N)c1Cl. The fourth-order valence-electron chi connectivity index (χ4n) is 3.45. The zero-order valence-electron chi connectivity index (χ0n) is 11.8. The molecule has 2 fully saturated rings. The summed E-state index contributed by atoms with van der Waals surface area (Å²) in [5.74, 6) is 0.325. The fourth-order valence-corrected chi connectivity index (χ4v) is 5.22. The number of benzene rings is 1. The molecule has 0 spiro atoms. The van der Waals surface area contributed by atoms with Crippen LogP contribution in [0.25, 0.3) is 0 Å². The summed E-state index contributed by atoms with van der Waals surface area (Å²) in [6.07, 6.45) is 1.28. The number of hydrogen-bond donors (Lipinski definition) is 2. The third-order valence-electron chi connectivity index (χ3n) is 4.68. The summed E-state index contributed by atoms with van der Waals surface area (Å²) in [5, 5.41) is 10.3. The van der Waals surface area contributed by atoms with Gasteiger partial charge in [0.25, 0.3) is 0 Å². The highest BCUT2D eigenvalue weighted by molar-refractivity contribution is 7.89. The summed E-state index contributed by atoms with van der Waals surface area (Å²) in [6, 6.07) is 2.97. The predicted molar refractivity (Wildman–Crippen MR) is 81.6 cm³/mol. The molecule has 0 aromatic heterocycles. The maximum absolute atomic E-state index is 12.7. The van der Waals surface area contributed by atoms with E-state index in [0.29, 0.717) is 23.7 Å². The Hall–Kier alpha value is -0.820. The summed E-state index contributed by atoms with van der Waals surface area (Å²) >= 11 is 5.99. The van der Waals surface area contributed by atoms with Gasteiger partial charge >= 0.3 is 0 Å². The van der Waals surface area contributed by atoms with Crippen molar-refractivity contribution in [2.75, 3.05) is 18.8 Å². The standard InChI is InChI=1S/C14H19ClN2O3S/c1-8-4-10(5-12(16)14(8)15)21(19,20)17-6-9-2-3-13(18)11(9)7-17/h4-5,9,11,13,18H,2-3,6-7,16H2,1H3. The number of aliphatic hydroxyl groups is 1. The van der Waals surface area contributed by atoms with Crippen LogP contribution >= 0.6 is 11.6 Å². The smallest absolute Gasteiger partial charge is 0.243 e. The number of anilines is 1. The molecule has 3 N–H and O–H groups in total. The lowest BCUT2D eigenvalue weighted by Gasteiger charge is -2.19. The Morgan fingerprint density at radius 3 is 2.67 bits per heavy atom. The van der Waals surface area contributed by atoms with Crippen LogP contribution in [0.2, 0.25) is 5.02 Å². The maximum Gasteiger partial charge on any atom is 0.243 e. The van der Waals surface area contributed by atoms with Crippen molar-refractivity contribution in [3.63, 3.8) is 0 Å². The van der Waals surface area contributed by atoms with Gasteiger partial charge in [0.2, 0.25) is 10.0 Å². The molecule has 5 nitrogen and oxygen atoms in total. The van der Waals surface area contributed by atoms with Gasteiger partial charge in [0.05, 0.1) is 21.7 Å². The number of rotatable bonds is 2. The normalized spacial score (nSPS) is 29.8. The van der Waals surface area contributed by atoms with Gasteiger partial charge in [-0.1, -0.05) is 11.6 Å². The molecule has 0 radical (unpaired) electrons. The maximum atomic E-state index is 12.7. The Morgan fingerprint density at radius 1 is 1.33 bits per heavy atom. The number of fused-ring (bicyclic) bond motifs is 1. The summed E-state index contributed by atoms with van der Waals surface area (Å²) in [6.45, 7) is 2.60. The number of aryl methyl sites for hydroxylation is 1. The monoisotopic (exact) mass is 330 g/mol. The molecule has 3 unspecified atom stereocenters. The molecule has 1 aliphatic heterocycles. The lowest BCUT2D eigenvalue weighted by molar-refractivity contribution is 0.129. The molecule has 1 saturated heterocycles. The molecule has 0 amide bonds. The molecule has 116 valence electrons. The second kappa shape index (κ2) is 5.12. The first-order chi connectivity index (χ1) is 9.80. The minimum atomic E-state index is -3.58. The van der Waals surface area contributed by atoms with E-state index in [0.717, 1.165) is 12.8 Å². The van der Waals surface area contributed by atoms with Crippen molar-refractivity contribution in [2.45, 2.75) is 30.8 Å². The van der Waals surface area contributed by atoms with E-state index in [4.69, 9.17) is 17.3 Å². The highest BCUT2D eigenvalue weighted by atomic mass is 35.5. The number of halogens is 1. The third-order valence-corrected chi connectivity index (χ3v) is 7.01. The van der Waals surface area contributed by atoms with Crippen molar-refractivity contribution in [2.24, 2.45) is 11.8 Å². The van der Waals surface area contributed by atoms with Gasteiger partial charge in [0.1, 0.15) is 0 Å². The van der Waals surface area contributed by atoms with E-state index in [-0.39, 0.29) is 28.5 Å². The van der Waals surface area contributed by atoms with Crippen LogP contribution in [-0.2, 0) is 10.0 Å². The molecule has 1 aromatic carbocycles. The number of nitrogens with two attached hydrogens (primary N) is 1. The van der Waals surface area contributed by atoms with E-state index in [1.54, 1.807) is 13.0 Å². The molecule has 0 bridgehead atoms. The van der Waals surface area contributed by atoms with E-state index in [1.165, 1.54) is 10.4 Å². The minimum absolute atomic E-state index is 0.0607. The molecule has 21 heavy (non-hydrogen) atoms. The molecule has 7 heteroatoms. The first-order valence-electron chi connectivity index (χ1n) is 7.04. The molecule has 1 aliphatic carbocycles. The van der Waals surface area contributed by atoms with Crippen molar-refractivity contribution in [3.05, 3.63) is 22.7 Å². The first-order valence-corrected chi connectivity index (χ1v) is 8.86. The van der Waals surface area contributed by atoms with Crippen LogP contribution in [0.4, 0.5) is 5.69 Å². The summed E-state index contributed by atoms with van der Waals surface area (Å²) in [4.78, 5) is 0.177. The van der Waals surface area contributed by atoms with Crippen LogP contribution < -0.4 is 5.73 Å². The molecular formula is C14H19ClN2O3S. The molecule has 3 atom stereocenters. The minimum Gasteiger partial charge on any atom is -0.397 e. The number of nitrogen functional groups attached to an aromatic ring is 1. The Labute approximate surface area is 129 Å². The summed E-state index contributed by atoms with van der Waals surface area (Å²) < 4.78 is 26.9. The van der Waals surface area contributed by atoms with E-state index in [1.807, 2.05) is 0 Å². The van der Waals surface area contributed by atoms with E-state index >= 15 is 0 Å². The number of nitrogens with zero attached hydrogens (tertiary/aromatic N) is 1. The number of sulfonamides is 1. The highest BCUT2D eigenvalue weighted by Gasteiger charge is 2.45. The van der Waals surface area contributed by atoms with Crippen molar-refractivity contribution < 1.29 is 13.5 Å². The fraction of sp³-hybridized carbons (Fsp3) is 0.571. The van der Waals surface area contributed by atoms with Crippen LogP contribution in [0.1, 0.15) is 18.4 Å². The van der Waals surface area contributed by atoms with E-state index < -0.39 is 10.0 Å². The Kier molecular flexibility index (Phi) is 3.68. The summed E-state index contributed by atoms with van der Waals surface area (Å²) in [5.41, 5.74) is 6.70. The van der Waals surface area contributed by atoms with E-state index in [9.17, 15) is 13.5 Å². The van der Waals surface area contributed by atoms with Gasteiger partial charge in [-0.3, -0.25) is 0 Å². The highest BCUT2D eigenvalue weighted by Crippen LogP contribution is 2.40. The topological polar surface area (TPSA) is 83.6 Å². The van der Waals surface area contributed by atoms with Gasteiger partial charge in [0, 0.05) is 19.0 Å². The second-order valence-corrected chi connectivity index (χ2v) is 8.35. The number of hydrogen-bond acceptors (Lipinski definition) is 4. The average molecular weight is 331 g/mol. The zero-order chi connectivity index (χ0) is 15.4. The number of aliphatic hydroxyl groups excluding tert-OH is 1. The van der Waals surface area contributed by atoms with E-state index in [2.05, 4.69) is 0 Å². The van der Waals surface area contributed by atoms with Crippen molar-refractivity contribution in [1.29, 1.82) is 0 Å². The Balaban J connectivity index is 1.92. The molecule has 1 aromatic rings. The first kappa shape index (κ1) is 15.1. The second-order valence-electron chi connectivity index (χ2n) is 6.03. The van der Waals surface area contributed by atoms with Crippen LogP contribution in [0.15, 0.2) is 17.0 Å². The van der Waals surface area contributed by atoms with Crippen LogP contribution in [0.3, 0.4) is 0 Å². The van der Waals surface area contributed by atoms with Crippen molar-refractivity contribution >= 4 is 27.3 Å². The molecule has 2 aliphatic rings. The van der Waals surface area contributed by atoms with Gasteiger partial charge in [-0.15, -0.1) is 0 Å². The van der Waals surface area contributed by atoms with Gasteiger partial charge in [-0.25, -0.2) is 8.42 Å². The Bertz CT molecular complexity index is 654.